The van der Waals surface area contributed by atoms with Crippen molar-refractivity contribution in [1.29, 1.82) is 0 Å². The fourth-order valence-corrected chi connectivity index (χ4v) is 4.18. The van der Waals surface area contributed by atoms with Crippen LogP contribution in [-0.4, -0.2) is 25.1 Å². The number of carbonyl (C=O) groups is 1. The summed E-state index contributed by atoms with van der Waals surface area (Å²) in [4.78, 5) is 16.6. The molecule has 1 amide bonds. The molecule has 32 heavy (non-hydrogen) atoms. The van der Waals surface area contributed by atoms with Crippen molar-refractivity contribution in [1.82, 2.24) is 4.98 Å². The number of alkyl halides is 3. The van der Waals surface area contributed by atoms with Crippen LogP contribution in [0.4, 0.5) is 24.5 Å². The Bertz CT molecular complexity index is 1300. The third-order valence-corrected chi connectivity index (χ3v) is 5.72. The van der Waals surface area contributed by atoms with Crippen molar-refractivity contribution < 1.29 is 31.9 Å². The molecule has 7 nitrogen and oxygen atoms in total. The lowest BCUT2D eigenvalue weighted by Gasteiger charge is -2.10. The van der Waals surface area contributed by atoms with E-state index in [1.54, 1.807) is 24.3 Å². The van der Waals surface area contributed by atoms with E-state index >= 15 is 0 Å². The Hall–Kier alpha value is -3.73. The summed E-state index contributed by atoms with van der Waals surface area (Å²) >= 11 is 0.765. The molecule has 0 bridgehead atoms. The highest BCUT2D eigenvalue weighted by atomic mass is 32.1. The molecule has 11 heteroatoms. The van der Waals surface area contributed by atoms with Crippen LogP contribution in [0.2, 0.25) is 0 Å². The molecule has 4 aromatic rings. The lowest BCUT2D eigenvalue weighted by molar-refractivity contribution is -0.140. The normalized spacial score (nSPS) is 11.5. The summed E-state index contributed by atoms with van der Waals surface area (Å²) < 4.78 is 55.9. The summed E-state index contributed by atoms with van der Waals surface area (Å²) in [6.07, 6.45) is -3.35. The second-order valence-corrected chi connectivity index (χ2v) is 7.58. The quantitative estimate of drug-likeness (QED) is 0.410. The smallest absolute Gasteiger partial charge is 0.433 e. The van der Waals surface area contributed by atoms with Crippen molar-refractivity contribution in [2.45, 2.75) is 6.18 Å². The Morgan fingerprint density at radius 1 is 1.16 bits per heavy atom. The molecule has 0 aliphatic carbocycles. The first-order valence-electron chi connectivity index (χ1n) is 9.10. The number of ether oxygens (including phenoxy) is 2. The van der Waals surface area contributed by atoms with E-state index in [0.29, 0.717) is 17.2 Å². The maximum absolute atomic E-state index is 13.4. The van der Waals surface area contributed by atoms with Crippen LogP contribution in [0.5, 0.6) is 11.5 Å². The number of anilines is 2. The first kappa shape index (κ1) is 21.5. The fraction of sp³-hybridized carbons (Fsp3) is 0.143. The fourth-order valence-electron chi connectivity index (χ4n) is 3.16. The summed E-state index contributed by atoms with van der Waals surface area (Å²) in [5.74, 6) is 0.445. The molecule has 0 radical (unpaired) electrons. The number of aromatic nitrogens is 1. The monoisotopic (exact) mass is 463 g/mol. The zero-order chi connectivity index (χ0) is 23.0. The molecule has 166 valence electrons. The van der Waals surface area contributed by atoms with Gasteiger partial charge in [-0.15, -0.1) is 11.3 Å². The molecule has 1 aromatic carbocycles. The maximum Gasteiger partial charge on any atom is 0.433 e. The SMILES string of the molecule is COc1ccc(NC(=O)c2sc3nc(C(F)(F)F)cc(-c4ccco4)c3c2N)cc1OC. The number of hydrogen-bond donors (Lipinski definition) is 2. The number of fused-ring (bicyclic) bond motifs is 1. The number of methoxy groups -OCH3 is 2. The highest BCUT2D eigenvalue weighted by Crippen LogP contribution is 2.42. The number of amides is 1. The van der Waals surface area contributed by atoms with Gasteiger partial charge < -0.3 is 24.9 Å². The molecule has 0 unspecified atom stereocenters. The van der Waals surface area contributed by atoms with Gasteiger partial charge in [0.05, 0.1) is 26.2 Å². The molecule has 0 fully saturated rings. The predicted molar refractivity (Wildman–Crippen MR) is 114 cm³/mol. The van der Waals surface area contributed by atoms with Crippen LogP contribution < -0.4 is 20.5 Å². The van der Waals surface area contributed by atoms with Gasteiger partial charge in [0, 0.05) is 22.7 Å². The number of nitrogens with one attached hydrogen (secondary N) is 1. The van der Waals surface area contributed by atoms with E-state index in [1.807, 2.05) is 0 Å². The van der Waals surface area contributed by atoms with Gasteiger partial charge in [-0.1, -0.05) is 0 Å². The van der Waals surface area contributed by atoms with Crippen LogP contribution in [0.15, 0.2) is 47.1 Å². The number of thiophene rings is 1. The van der Waals surface area contributed by atoms with E-state index in [2.05, 4.69) is 10.3 Å². The van der Waals surface area contributed by atoms with E-state index in [1.165, 1.54) is 26.5 Å². The third kappa shape index (κ3) is 3.82. The van der Waals surface area contributed by atoms with Crippen LogP contribution in [0.3, 0.4) is 0 Å². The zero-order valence-corrected chi connectivity index (χ0v) is 17.6. The van der Waals surface area contributed by atoms with Gasteiger partial charge in [-0.2, -0.15) is 13.2 Å². The molecule has 3 heterocycles. The molecule has 0 aliphatic rings. The molecule has 0 spiro atoms. The summed E-state index contributed by atoms with van der Waals surface area (Å²) in [6.45, 7) is 0. The summed E-state index contributed by atoms with van der Waals surface area (Å²) in [7, 11) is 2.93. The van der Waals surface area contributed by atoms with Crippen LogP contribution in [0, 0.1) is 0 Å². The Kier molecular flexibility index (Phi) is 5.43. The van der Waals surface area contributed by atoms with E-state index in [-0.39, 0.29) is 32.1 Å². The maximum atomic E-state index is 13.4. The average Bonchev–Trinajstić information content (AvgIpc) is 3.41. The largest absolute Gasteiger partial charge is 0.493 e. The standard InChI is InChI=1S/C21H16F3N3O4S/c1-29-13-6-5-10(8-14(13)30-2)26-19(28)18-17(25)16-11(12-4-3-7-31-12)9-15(21(22,23)24)27-20(16)32-18/h3-9H,25H2,1-2H3,(H,26,28). The lowest BCUT2D eigenvalue weighted by Crippen LogP contribution is -2.12. The van der Waals surface area contributed by atoms with Crippen LogP contribution in [-0.2, 0) is 6.18 Å². The van der Waals surface area contributed by atoms with Gasteiger partial charge >= 0.3 is 6.18 Å². The number of nitrogen functional groups attached to an aromatic ring is 1. The van der Waals surface area contributed by atoms with Gasteiger partial charge in [0.2, 0.25) is 0 Å². The van der Waals surface area contributed by atoms with Crippen LogP contribution >= 0.6 is 11.3 Å². The Balaban J connectivity index is 1.79. The van der Waals surface area contributed by atoms with Crippen molar-refractivity contribution in [3.63, 3.8) is 0 Å². The number of benzene rings is 1. The second-order valence-electron chi connectivity index (χ2n) is 6.58. The first-order valence-corrected chi connectivity index (χ1v) is 9.92. The van der Waals surface area contributed by atoms with Crippen LogP contribution in [0.1, 0.15) is 15.4 Å². The van der Waals surface area contributed by atoms with Gasteiger partial charge in [0.1, 0.15) is 21.2 Å². The van der Waals surface area contributed by atoms with Crippen molar-refractivity contribution in [2.24, 2.45) is 0 Å². The van der Waals surface area contributed by atoms with Gasteiger partial charge in [-0.3, -0.25) is 4.79 Å². The van der Waals surface area contributed by atoms with E-state index < -0.39 is 17.8 Å². The topological polar surface area (TPSA) is 99.6 Å². The molecule has 0 saturated carbocycles. The summed E-state index contributed by atoms with van der Waals surface area (Å²) in [6, 6.07) is 8.66. The highest BCUT2D eigenvalue weighted by molar-refractivity contribution is 7.21. The molecular formula is C21H16F3N3O4S. The minimum atomic E-state index is -4.68. The molecule has 0 saturated heterocycles. The molecule has 3 N–H and O–H groups in total. The van der Waals surface area contributed by atoms with Crippen molar-refractivity contribution >= 4 is 38.8 Å². The van der Waals surface area contributed by atoms with Crippen molar-refractivity contribution in [2.75, 3.05) is 25.3 Å². The van der Waals surface area contributed by atoms with Gasteiger partial charge in [0.15, 0.2) is 11.5 Å². The third-order valence-electron chi connectivity index (χ3n) is 4.62. The number of hydrogen-bond acceptors (Lipinski definition) is 7. The molecular weight excluding hydrogens is 447 g/mol. The van der Waals surface area contributed by atoms with Gasteiger partial charge in [-0.25, -0.2) is 4.98 Å². The number of furan rings is 1. The molecule has 0 atom stereocenters. The van der Waals surface area contributed by atoms with Crippen LogP contribution in [0.25, 0.3) is 21.5 Å². The van der Waals surface area contributed by atoms with E-state index in [9.17, 15) is 18.0 Å². The number of carbonyl (C=O) groups excluding carboxylic acids is 1. The minimum Gasteiger partial charge on any atom is -0.493 e. The molecule has 4 rings (SSSR count). The lowest BCUT2D eigenvalue weighted by atomic mass is 10.1. The number of rotatable bonds is 5. The molecule has 3 aromatic heterocycles. The second kappa shape index (κ2) is 8.08. The van der Waals surface area contributed by atoms with Gasteiger partial charge in [0.25, 0.3) is 5.91 Å². The van der Waals surface area contributed by atoms with Crippen molar-refractivity contribution in [3.8, 4) is 22.8 Å². The Morgan fingerprint density at radius 2 is 1.91 bits per heavy atom. The number of nitrogens with two attached hydrogens (primary N) is 1. The Morgan fingerprint density at radius 3 is 2.53 bits per heavy atom. The highest BCUT2D eigenvalue weighted by Gasteiger charge is 2.35. The van der Waals surface area contributed by atoms with E-state index in [4.69, 9.17) is 19.6 Å². The van der Waals surface area contributed by atoms with E-state index in [0.717, 1.165) is 17.4 Å². The summed E-state index contributed by atoms with van der Waals surface area (Å²) in [5, 5.41) is 2.89. The predicted octanol–water partition coefficient (Wildman–Crippen LogP) is 5.43. The minimum absolute atomic E-state index is 0.00982. The average molecular weight is 463 g/mol. The summed E-state index contributed by atoms with van der Waals surface area (Å²) in [5.41, 5.74) is 5.60. The number of halogens is 3. The molecule has 0 aliphatic heterocycles. The first-order chi connectivity index (χ1) is 15.2. The number of pyridine rings is 1. The van der Waals surface area contributed by atoms with Gasteiger partial charge in [-0.05, 0) is 30.3 Å². The Labute approximate surface area is 183 Å². The number of nitrogens with zero attached hydrogens (tertiary/aromatic N) is 1. The van der Waals surface area contributed by atoms with Crippen molar-refractivity contribution in [3.05, 3.63) is 53.2 Å². The zero-order valence-electron chi connectivity index (χ0n) is 16.7.